The monoisotopic (exact) mass is 224 g/mol. The van der Waals surface area contributed by atoms with E-state index < -0.39 is 6.10 Å². The van der Waals surface area contributed by atoms with Crippen LogP contribution in [0.3, 0.4) is 0 Å². The highest BCUT2D eigenvalue weighted by molar-refractivity contribution is 5.96. The second-order valence-corrected chi connectivity index (χ2v) is 5.02. The predicted octanol–water partition coefficient (Wildman–Crippen LogP) is 2.81. The fourth-order valence-corrected chi connectivity index (χ4v) is 1.24. The average Bonchev–Trinajstić information content (AvgIpc) is 2.17. The largest absolute Gasteiger partial charge is 0.392 e. The maximum Gasteiger partial charge on any atom is 0.165 e. The van der Waals surface area contributed by atoms with E-state index in [2.05, 4.69) is 0 Å². The van der Waals surface area contributed by atoms with Crippen LogP contribution >= 0.6 is 0 Å². The van der Waals surface area contributed by atoms with Gasteiger partial charge < -0.3 is 5.11 Å². The molecule has 0 saturated carbocycles. The van der Waals surface area contributed by atoms with Gasteiger partial charge in [-0.15, -0.1) is 0 Å². The Labute approximate surface area is 95.1 Å². The number of hydrogen-bond donors (Lipinski definition) is 1. The number of hydrogen-bond acceptors (Lipinski definition) is 2. The molecule has 88 valence electrons. The third kappa shape index (κ3) is 3.42. The van der Waals surface area contributed by atoms with Gasteiger partial charge in [-0.25, -0.2) is 4.39 Å². The normalized spacial score (nSPS) is 13.6. The van der Waals surface area contributed by atoms with E-state index in [0.29, 0.717) is 5.56 Å². The molecule has 0 heterocycles. The molecular weight excluding hydrogens is 207 g/mol. The first-order chi connectivity index (χ1) is 7.30. The summed E-state index contributed by atoms with van der Waals surface area (Å²) in [4.78, 5) is 11.7. The van der Waals surface area contributed by atoms with E-state index in [4.69, 9.17) is 0 Å². The molecule has 0 aliphatic heterocycles. The lowest BCUT2D eigenvalue weighted by molar-refractivity contribution is 0.0494. The van der Waals surface area contributed by atoms with Crippen molar-refractivity contribution in [2.75, 3.05) is 0 Å². The summed E-state index contributed by atoms with van der Waals surface area (Å²) in [7, 11) is 0. The Hall–Kier alpha value is -1.22. The van der Waals surface area contributed by atoms with Crippen LogP contribution in [0, 0.1) is 11.2 Å². The molecule has 1 aromatic carbocycles. The quantitative estimate of drug-likeness (QED) is 0.801. The Balaban J connectivity index is 2.70. The highest BCUT2D eigenvalue weighted by Gasteiger charge is 2.24. The van der Waals surface area contributed by atoms with Crippen molar-refractivity contribution >= 4 is 5.78 Å². The lowest BCUT2D eigenvalue weighted by Gasteiger charge is -2.25. The predicted molar refractivity (Wildman–Crippen MR) is 60.8 cm³/mol. The highest BCUT2D eigenvalue weighted by Crippen LogP contribution is 2.23. The van der Waals surface area contributed by atoms with Gasteiger partial charge in [-0.05, 0) is 29.7 Å². The number of ketones is 1. The van der Waals surface area contributed by atoms with E-state index >= 15 is 0 Å². The van der Waals surface area contributed by atoms with Crippen LogP contribution in [0.5, 0.6) is 0 Å². The van der Waals surface area contributed by atoms with E-state index in [1.807, 2.05) is 20.8 Å². The van der Waals surface area contributed by atoms with Crippen LogP contribution in [0.15, 0.2) is 24.3 Å². The first-order valence-corrected chi connectivity index (χ1v) is 5.27. The summed E-state index contributed by atoms with van der Waals surface area (Å²) in [5.41, 5.74) is 0.111. The van der Waals surface area contributed by atoms with Crippen molar-refractivity contribution in [1.29, 1.82) is 0 Å². The molecule has 2 nitrogen and oxygen atoms in total. The zero-order valence-electron chi connectivity index (χ0n) is 9.83. The van der Waals surface area contributed by atoms with Gasteiger partial charge in [0.2, 0.25) is 0 Å². The minimum absolute atomic E-state index is 0.0646. The van der Waals surface area contributed by atoms with E-state index in [0.717, 1.165) is 0 Å². The van der Waals surface area contributed by atoms with E-state index in [1.165, 1.54) is 24.3 Å². The molecule has 0 bridgehead atoms. The number of aliphatic hydroxyl groups excluding tert-OH is 1. The number of carbonyl (C=O) groups is 1. The second-order valence-electron chi connectivity index (χ2n) is 5.02. The summed E-state index contributed by atoms with van der Waals surface area (Å²) >= 11 is 0. The Bertz CT molecular complexity index is 363. The van der Waals surface area contributed by atoms with Crippen LogP contribution in [0.25, 0.3) is 0 Å². The zero-order valence-corrected chi connectivity index (χ0v) is 9.83. The number of halogens is 1. The van der Waals surface area contributed by atoms with Crippen molar-refractivity contribution in [3.63, 3.8) is 0 Å². The van der Waals surface area contributed by atoms with Gasteiger partial charge in [-0.3, -0.25) is 4.79 Å². The topological polar surface area (TPSA) is 37.3 Å². The number of rotatable bonds is 3. The molecule has 0 fully saturated rings. The van der Waals surface area contributed by atoms with Crippen molar-refractivity contribution in [2.24, 2.45) is 5.41 Å². The molecule has 1 atom stereocenters. The van der Waals surface area contributed by atoms with E-state index in [1.54, 1.807) is 0 Å². The number of benzene rings is 1. The molecule has 16 heavy (non-hydrogen) atoms. The van der Waals surface area contributed by atoms with Gasteiger partial charge in [-0.1, -0.05) is 20.8 Å². The number of aliphatic hydroxyl groups is 1. The summed E-state index contributed by atoms with van der Waals surface area (Å²) < 4.78 is 12.6. The van der Waals surface area contributed by atoms with Crippen molar-refractivity contribution in [3.05, 3.63) is 35.6 Å². The molecule has 0 spiro atoms. The van der Waals surface area contributed by atoms with Crippen LogP contribution in [0.2, 0.25) is 0 Å². The van der Waals surface area contributed by atoms with Crippen LogP contribution in [-0.4, -0.2) is 17.0 Å². The molecule has 1 N–H and O–H groups in total. The van der Waals surface area contributed by atoms with Crippen molar-refractivity contribution < 1.29 is 14.3 Å². The standard InChI is InChI=1S/C13H17FO2/c1-13(2,3)12(16)8-11(15)9-4-6-10(14)7-5-9/h4-7,12,16H,8H2,1-3H3. The summed E-state index contributed by atoms with van der Waals surface area (Å²) in [6.45, 7) is 5.61. The zero-order chi connectivity index (χ0) is 12.3. The fraction of sp³-hybridized carbons (Fsp3) is 0.462. The molecule has 0 saturated heterocycles. The third-order valence-corrected chi connectivity index (χ3v) is 2.54. The minimum Gasteiger partial charge on any atom is -0.392 e. The Morgan fingerprint density at radius 3 is 2.25 bits per heavy atom. The highest BCUT2D eigenvalue weighted by atomic mass is 19.1. The summed E-state index contributed by atoms with van der Waals surface area (Å²) in [6, 6.07) is 5.37. The molecular formula is C13H17FO2. The first-order valence-electron chi connectivity index (χ1n) is 5.27. The lowest BCUT2D eigenvalue weighted by atomic mass is 9.85. The molecule has 0 aliphatic carbocycles. The summed E-state index contributed by atoms with van der Waals surface area (Å²) in [6.07, 6.45) is -0.625. The van der Waals surface area contributed by atoms with Crippen LogP contribution in [0.1, 0.15) is 37.6 Å². The molecule has 1 rings (SSSR count). The molecule has 0 aromatic heterocycles. The van der Waals surface area contributed by atoms with Crippen LogP contribution in [-0.2, 0) is 0 Å². The van der Waals surface area contributed by atoms with Crippen molar-refractivity contribution in [2.45, 2.75) is 33.3 Å². The smallest absolute Gasteiger partial charge is 0.165 e. The Morgan fingerprint density at radius 2 is 1.81 bits per heavy atom. The van der Waals surface area contributed by atoms with Crippen LogP contribution < -0.4 is 0 Å². The van der Waals surface area contributed by atoms with Crippen LogP contribution in [0.4, 0.5) is 4.39 Å². The molecule has 1 unspecified atom stereocenters. The molecule has 1 aromatic rings. The molecule has 0 amide bonds. The average molecular weight is 224 g/mol. The fourth-order valence-electron chi connectivity index (χ4n) is 1.24. The van der Waals surface area contributed by atoms with Crippen molar-refractivity contribution in [3.8, 4) is 0 Å². The maximum atomic E-state index is 12.6. The van der Waals surface area contributed by atoms with Gasteiger partial charge in [0.15, 0.2) is 5.78 Å². The Kier molecular flexibility index (Phi) is 3.81. The summed E-state index contributed by atoms with van der Waals surface area (Å²) in [5.74, 6) is -0.532. The Morgan fingerprint density at radius 1 is 1.31 bits per heavy atom. The first kappa shape index (κ1) is 12.8. The van der Waals surface area contributed by atoms with Crippen molar-refractivity contribution in [1.82, 2.24) is 0 Å². The SMILES string of the molecule is CC(C)(C)C(O)CC(=O)c1ccc(F)cc1. The van der Waals surface area contributed by atoms with Gasteiger partial charge in [0.1, 0.15) is 5.82 Å². The lowest BCUT2D eigenvalue weighted by Crippen LogP contribution is -2.28. The summed E-state index contributed by atoms with van der Waals surface area (Å²) in [5, 5.41) is 9.78. The molecule has 0 aliphatic rings. The van der Waals surface area contributed by atoms with E-state index in [9.17, 15) is 14.3 Å². The van der Waals surface area contributed by atoms with Gasteiger partial charge in [0.05, 0.1) is 6.10 Å². The van der Waals surface area contributed by atoms with Gasteiger partial charge >= 0.3 is 0 Å². The number of carbonyl (C=O) groups excluding carboxylic acids is 1. The minimum atomic E-state index is -0.690. The third-order valence-electron chi connectivity index (χ3n) is 2.54. The van der Waals surface area contributed by atoms with Gasteiger partial charge in [0.25, 0.3) is 0 Å². The maximum absolute atomic E-state index is 12.6. The molecule has 3 heteroatoms. The second kappa shape index (κ2) is 4.74. The molecule has 0 radical (unpaired) electrons. The van der Waals surface area contributed by atoms with Gasteiger partial charge in [0, 0.05) is 12.0 Å². The van der Waals surface area contributed by atoms with E-state index in [-0.39, 0.29) is 23.4 Å². The number of Topliss-reactive ketones (excluding diaryl/α,β-unsaturated/α-hetero) is 1. The van der Waals surface area contributed by atoms with Gasteiger partial charge in [-0.2, -0.15) is 0 Å².